The second kappa shape index (κ2) is 4.84. The molecular weight excluding hydrogens is 216 g/mol. The summed E-state index contributed by atoms with van der Waals surface area (Å²) in [7, 11) is 1.53. The fourth-order valence-electron chi connectivity index (χ4n) is 1.08. The molecule has 1 aromatic carbocycles. The summed E-state index contributed by atoms with van der Waals surface area (Å²) in [5, 5.41) is 9.15. The summed E-state index contributed by atoms with van der Waals surface area (Å²) in [4.78, 5) is 10.6. The minimum Gasteiger partial charge on any atom is -0.495 e. The van der Waals surface area contributed by atoms with Gasteiger partial charge in [-0.3, -0.25) is 0 Å². The molecule has 0 aromatic heterocycles. The molecule has 0 unspecified atom stereocenters. The average molecular weight is 227 g/mol. The third-order valence-electron chi connectivity index (χ3n) is 1.90. The van der Waals surface area contributed by atoms with Crippen molar-refractivity contribution in [3.05, 3.63) is 34.4 Å². The normalized spacial score (nSPS) is 11.3. The second-order valence-electron chi connectivity index (χ2n) is 3.03. The molecule has 80 valence electrons. The van der Waals surface area contributed by atoms with Gasteiger partial charge in [-0.1, -0.05) is 17.7 Å². The predicted octanol–water partition coefficient (Wildman–Crippen LogP) is 2.84. The molecule has 0 aliphatic heterocycles. The first-order valence-corrected chi connectivity index (χ1v) is 4.67. The molecular formula is C11H11ClO3. The Morgan fingerprint density at radius 1 is 1.53 bits per heavy atom. The van der Waals surface area contributed by atoms with E-state index in [0.29, 0.717) is 10.8 Å². The number of benzene rings is 1. The number of aliphatic carboxylic acids is 1. The first kappa shape index (κ1) is 11.6. The van der Waals surface area contributed by atoms with Gasteiger partial charge in [0.05, 0.1) is 12.1 Å². The van der Waals surface area contributed by atoms with Crippen molar-refractivity contribution < 1.29 is 14.6 Å². The zero-order valence-electron chi connectivity index (χ0n) is 8.45. The Balaban J connectivity index is 3.03. The summed E-state index contributed by atoms with van der Waals surface area (Å²) in [6, 6.07) is 5.10. The number of carbonyl (C=O) groups is 1. The molecule has 0 spiro atoms. The first-order valence-electron chi connectivity index (χ1n) is 4.29. The van der Waals surface area contributed by atoms with E-state index in [-0.39, 0.29) is 5.57 Å². The van der Waals surface area contributed by atoms with Crippen molar-refractivity contribution in [2.45, 2.75) is 6.92 Å². The molecule has 1 rings (SSSR count). The number of methoxy groups -OCH3 is 1. The number of carboxylic acids is 1. The van der Waals surface area contributed by atoms with Crippen molar-refractivity contribution in [3.8, 4) is 5.75 Å². The van der Waals surface area contributed by atoms with Crippen molar-refractivity contribution in [1.82, 2.24) is 0 Å². The lowest BCUT2D eigenvalue weighted by atomic mass is 10.1. The molecule has 0 aliphatic carbocycles. The van der Waals surface area contributed by atoms with Crippen LogP contribution in [-0.2, 0) is 4.79 Å². The van der Waals surface area contributed by atoms with Crippen LogP contribution in [0.4, 0.5) is 0 Å². The van der Waals surface area contributed by atoms with E-state index in [0.717, 1.165) is 5.56 Å². The van der Waals surface area contributed by atoms with Crippen LogP contribution < -0.4 is 4.74 Å². The highest BCUT2D eigenvalue weighted by atomic mass is 35.5. The smallest absolute Gasteiger partial charge is 0.331 e. The minimum absolute atomic E-state index is 0.260. The van der Waals surface area contributed by atoms with Crippen molar-refractivity contribution >= 4 is 23.6 Å². The summed E-state index contributed by atoms with van der Waals surface area (Å²) < 4.78 is 4.98. The van der Waals surface area contributed by atoms with E-state index in [1.807, 2.05) is 0 Å². The van der Waals surface area contributed by atoms with E-state index < -0.39 is 5.97 Å². The van der Waals surface area contributed by atoms with Crippen molar-refractivity contribution in [3.63, 3.8) is 0 Å². The quantitative estimate of drug-likeness (QED) is 0.807. The zero-order valence-corrected chi connectivity index (χ0v) is 9.21. The van der Waals surface area contributed by atoms with Gasteiger partial charge in [-0.25, -0.2) is 4.79 Å². The third-order valence-corrected chi connectivity index (χ3v) is 2.19. The van der Waals surface area contributed by atoms with Crippen LogP contribution in [0, 0.1) is 0 Å². The largest absolute Gasteiger partial charge is 0.495 e. The van der Waals surface area contributed by atoms with Crippen LogP contribution >= 0.6 is 11.6 Å². The van der Waals surface area contributed by atoms with Gasteiger partial charge in [-0.15, -0.1) is 0 Å². The highest BCUT2D eigenvalue weighted by Gasteiger charge is 2.03. The molecule has 0 amide bonds. The minimum atomic E-state index is -0.943. The lowest BCUT2D eigenvalue weighted by Gasteiger charge is -2.03. The van der Waals surface area contributed by atoms with Gasteiger partial charge < -0.3 is 9.84 Å². The molecule has 0 aliphatic rings. The highest BCUT2D eigenvalue weighted by molar-refractivity contribution is 6.32. The Morgan fingerprint density at radius 2 is 2.20 bits per heavy atom. The SMILES string of the molecule is COc1ccc(C=C(C)C(=O)O)cc1Cl. The molecule has 15 heavy (non-hydrogen) atoms. The Morgan fingerprint density at radius 3 is 2.67 bits per heavy atom. The van der Waals surface area contributed by atoms with E-state index >= 15 is 0 Å². The Labute approximate surface area is 92.9 Å². The molecule has 0 bridgehead atoms. The topological polar surface area (TPSA) is 46.5 Å². The zero-order chi connectivity index (χ0) is 11.4. The molecule has 1 aromatic rings. The lowest BCUT2D eigenvalue weighted by Crippen LogP contribution is -1.95. The molecule has 3 nitrogen and oxygen atoms in total. The maximum Gasteiger partial charge on any atom is 0.331 e. The van der Waals surface area contributed by atoms with Gasteiger partial charge in [0, 0.05) is 5.57 Å². The second-order valence-corrected chi connectivity index (χ2v) is 3.43. The molecule has 0 fully saturated rings. The van der Waals surface area contributed by atoms with E-state index in [4.69, 9.17) is 21.4 Å². The number of hydrogen-bond donors (Lipinski definition) is 1. The first-order chi connectivity index (χ1) is 7.04. The molecule has 0 saturated carbocycles. The average Bonchev–Trinajstić information content (AvgIpc) is 2.18. The molecule has 4 heteroatoms. The molecule has 0 radical (unpaired) electrons. The van der Waals surface area contributed by atoms with Gasteiger partial charge in [0.2, 0.25) is 0 Å². The van der Waals surface area contributed by atoms with Gasteiger partial charge in [-0.05, 0) is 30.7 Å². The van der Waals surface area contributed by atoms with Gasteiger partial charge >= 0.3 is 5.97 Å². The van der Waals surface area contributed by atoms with Crippen LogP contribution in [0.25, 0.3) is 6.08 Å². The number of hydrogen-bond acceptors (Lipinski definition) is 2. The molecule has 0 saturated heterocycles. The van der Waals surface area contributed by atoms with Crippen LogP contribution in [0.1, 0.15) is 12.5 Å². The number of ether oxygens (including phenoxy) is 1. The third kappa shape index (κ3) is 2.99. The van der Waals surface area contributed by atoms with Gasteiger partial charge in [0.1, 0.15) is 5.75 Å². The van der Waals surface area contributed by atoms with Crippen LogP contribution in [0.5, 0.6) is 5.75 Å². The van der Waals surface area contributed by atoms with Crippen LogP contribution in [0.3, 0.4) is 0 Å². The molecule has 1 N–H and O–H groups in total. The maximum absolute atomic E-state index is 10.6. The standard InChI is InChI=1S/C11H11ClO3/c1-7(11(13)14)5-8-3-4-10(15-2)9(12)6-8/h3-6H,1-2H3,(H,13,14). The lowest BCUT2D eigenvalue weighted by molar-refractivity contribution is -0.132. The highest BCUT2D eigenvalue weighted by Crippen LogP contribution is 2.25. The summed E-state index contributed by atoms with van der Waals surface area (Å²) in [6.45, 7) is 1.53. The van der Waals surface area contributed by atoms with Crippen LogP contribution in [0.2, 0.25) is 5.02 Å². The summed E-state index contributed by atoms with van der Waals surface area (Å²) in [5.41, 5.74) is 0.997. The summed E-state index contributed by atoms with van der Waals surface area (Å²) in [6.07, 6.45) is 1.55. The number of rotatable bonds is 3. The van der Waals surface area contributed by atoms with Crippen molar-refractivity contribution in [1.29, 1.82) is 0 Å². The van der Waals surface area contributed by atoms with Gasteiger partial charge in [0.25, 0.3) is 0 Å². The van der Waals surface area contributed by atoms with E-state index in [2.05, 4.69) is 0 Å². The van der Waals surface area contributed by atoms with Crippen molar-refractivity contribution in [2.75, 3.05) is 7.11 Å². The molecule has 0 atom stereocenters. The Bertz CT molecular complexity index is 410. The van der Waals surface area contributed by atoms with E-state index in [9.17, 15) is 4.79 Å². The van der Waals surface area contributed by atoms with E-state index in [1.54, 1.807) is 24.3 Å². The van der Waals surface area contributed by atoms with Crippen LogP contribution in [-0.4, -0.2) is 18.2 Å². The number of halogens is 1. The van der Waals surface area contributed by atoms with E-state index in [1.165, 1.54) is 14.0 Å². The molecule has 0 heterocycles. The van der Waals surface area contributed by atoms with Crippen molar-refractivity contribution in [2.24, 2.45) is 0 Å². The summed E-state index contributed by atoms with van der Waals surface area (Å²) in [5.74, 6) is -0.372. The maximum atomic E-state index is 10.6. The Kier molecular flexibility index (Phi) is 3.74. The Hall–Kier alpha value is -1.48. The van der Waals surface area contributed by atoms with Crippen LogP contribution in [0.15, 0.2) is 23.8 Å². The summed E-state index contributed by atoms with van der Waals surface area (Å²) >= 11 is 5.89. The van der Waals surface area contributed by atoms with Gasteiger partial charge in [0.15, 0.2) is 0 Å². The number of carboxylic acid groups (broad SMARTS) is 1. The van der Waals surface area contributed by atoms with Gasteiger partial charge in [-0.2, -0.15) is 0 Å². The predicted molar refractivity (Wildman–Crippen MR) is 59.3 cm³/mol. The fourth-order valence-corrected chi connectivity index (χ4v) is 1.35. The fraction of sp³-hybridized carbons (Fsp3) is 0.182. The monoisotopic (exact) mass is 226 g/mol.